The first kappa shape index (κ1) is 8.40. The largest absolute Gasteiger partial charge is 0.481 e. The molecular weight excluding hydrogens is 152 g/mol. The van der Waals surface area contributed by atoms with Crippen LogP contribution >= 0.6 is 0 Å². The summed E-state index contributed by atoms with van der Waals surface area (Å²) in [6.07, 6.45) is 4.57. The summed E-state index contributed by atoms with van der Waals surface area (Å²) in [6.45, 7) is 0. The van der Waals surface area contributed by atoms with Gasteiger partial charge in [-0.15, -0.1) is 0 Å². The van der Waals surface area contributed by atoms with Gasteiger partial charge in [-0.25, -0.2) is 0 Å². The van der Waals surface area contributed by atoms with Gasteiger partial charge in [0.1, 0.15) is 0 Å². The molecule has 0 heterocycles. The molecule has 1 aromatic carbocycles. The maximum atomic E-state index is 8.40. The Morgan fingerprint density at radius 1 is 1.08 bits per heavy atom. The summed E-state index contributed by atoms with van der Waals surface area (Å²) in [4.78, 5) is 0. The average Bonchev–Trinajstić information content (AvgIpc) is 2.05. The Labute approximate surface area is 71.1 Å². The molecule has 12 heavy (non-hydrogen) atoms. The Morgan fingerprint density at radius 2 is 1.75 bits per heavy atom. The van der Waals surface area contributed by atoms with Gasteiger partial charge in [-0.05, 0) is 5.56 Å². The molecule has 0 aromatic heterocycles. The summed E-state index contributed by atoms with van der Waals surface area (Å²) in [5.41, 5.74) is 1.02. The van der Waals surface area contributed by atoms with Crippen LogP contribution in [0.2, 0.25) is 0 Å². The lowest BCUT2D eigenvalue weighted by atomic mass is 10.2. The summed E-state index contributed by atoms with van der Waals surface area (Å²) in [6, 6.07) is 9.62. The van der Waals surface area contributed by atoms with Crippen LogP contribution in [0.5, 0.6) is 0 Å². The molecule has 0 amide bonds. The lowest BCUT2D eigenvalue weighted by Crippen LogP contribution is -1.72. The van der Waals surface area contributed by atoms with Gasteiger partial charge in [-0.1, -0.05) is 42.5 Å². The summed E-state index contributed by atoms with van der Waals surface area (Å²) in [5.74, 6) is -0.679. The Bertz CT molecular complexity index is 282. The predicted molar refractivity (Wildman–Crippen MR) is 48.8 cm³/mol. The first-order chi connectivity index (χ1) is 5.79. The SMILES string of the molecule is OC(O)=C/C=C/c1ccccc1. The number of hydrogen-bond donors (Lipinski definition) is 2. The standard InChI is InChI=1S/C10H10O2/c11-10(12)8-4-7-9-5-2-1-3-6-9/h1-8,11-12H/b7-4+. The summed E-state index contributed by atoms with van der Waals surface area (Å²) in [5, 5.41) is 16.8. The van der Waals surface area contributed by atoms with Crippen LogP contribution in [0.3, 0.4) is 0 Å². The van der Waals surface area contributed by atoms with Crippen LogP contribution in [-0.4, -0.2) is 10.2 Å². The second kappa shape index (κ2) is 4.23. The van der Waals surface area contributed by atoms with E-state index in [0.717, 1.165) is 5.56 Å². The Balaban J connectivity index is 2.64. The van der Waals surface area contributed by atoms with E-state index in [1.165, 1.54) is 6.08 Å². The van der Waals surface area contributed by atoms with Crippen LogP contribution in [0.25, 0.3) is 6.08 Å². The Hall–Kier alpha value is -1.70. The molecule has 62 valence electrons. The van der Waals surface area contributed by atoms with Gasteiger partial charge in [-0.2, -0.15) is 0 Å². The van der Waals surface area contributed by atoms with E-state index < -0.39 is 5.95 Å². The minimum Gasteiger partial charge on any atom is -0.481 e. The van der Waals surface area contributed by atoms with Crippen molar-refractivity contribution in [3.8, 4) is 0 Å². The van der Waals surface area contributed by atoms with Gasteiger partial charge < -0.3 is 10.2 Å². The number of hydrogen-bond acceptors (Lipinski definition) is 2. The third kappa shape index (κ3) is 2.92. The van der Waals surface area contributed by atoms with Gasteiger partial charge in [-0.3, -0.25) is 0 Å². The normalized spacial score (nSPS) is 10.0. The number of allylic oxidation sites excluding steroid dienone is 2. The van der Waals surface area contributed by atoms with E-state index in [1.54, 1.807) is 12.2 Å². The molecule has 1 rings (SSSR count). The second-order valence-electron chi connectivity index (χ2n) is 2.29. The summed E-state index contributed by atoms with van der Waals surface area (Å²) in [7, 11) is 0. The van der Waals surface area contributed by atoms with E-state index in [1.807, 2.05) is 30.3 Å². The van der Waals surface area contributed by atoms with E-state index in [4.69, 9.17) is 10.2 Å². The second-order valence-corrected chi connectivity index (χ2v) is 2.29. The van der Waals surface area contributed by atoms with Gasteiger partial charge in [0.15, 0.2) is 0 Å². The van der Waals surface area contributed by atoms with Crippen molar-refractivity contribution in [1.29, 1.82) is 0 Å². The van der Waals surface area contributed by atoms with Crippen LogP contribution < -0.4 is 0 Å². The van der Waals surface area contributed by atoms with E-state index in [-0.39, 0.29) is 0 Å². The fourth-order valence-corrected chi connectivity index (χ4v) is 0.809. The van der Waals surface area contributed by atoms with Crippen molar-refractivity contribution in [2.24, 2.45) is 0 Å². The molecule has 0 radical (unpaired) electrons. The highest BCUT2D eigenvalue weighted by Crippen LogP contribution is 2.00. The van der Waals surface area contributed by atoms with Crippen molar-refractivity contribution in [3.05, 3.63) is 54.0 Å². The number of benzene rings is 1. The fourth-order valence-electron chi connectivity index (χ4n) is 0.809. The van der Waals surface area contributed by atoms with Crippen LogP contribution in [0.4, 0.5) is 0 Å². The van der Waals surface area contributed by atoms with Crippen LogP contribution in [-0.2, 0) is 0 Å². The van der Waals surface area contributed by atoms with Crippen molar-refractivity contribution in [3.63, 3.8) is 0 Å². The zero-order valence-corrected chi connectivity index (χ0v) is 6.51. The molecule has 0 spiro atoms. The topological polar surface area (TPSA) is 40.5 Å². The molecule has 0 aliphatic heterocycles. The van der Waals surface area contributed by atoms with Gasteiger partial charge in [0.25, 0.3) is 5.95 Å². The van der Waals surface area contributed by atoms with Gasteiger partial charge in [0, 0.05) is 6.08 Å². The Kier molecular flexibility index (Phi) is 2.96. The van der Waals surface area contributed by atoms with Crippen molar-refractivity contribution in [2.75, 3.05) is 0 Å². The third-order valence-corrected chi connectivity index (χ3v) is 1.33. The molecule has 0 aliphatic carbocycles. The lowest BCUT2D eigenvalue weighted by molar-refractivity contribution is 0.191. The van der Waals surface area contributed by atoms with Crippen LogP contribution in [0.15, 0.2) is 48.4 Å². The van der Waals surface area contributed by atoms with Gasteiger partial charge in [0.05, 0.1) is 0 Å². The zero-order valence-electron chi connectivity index (χ0n) is 6.51. The van der Waals surface area contributed by atoms with Crippen molar-refractivity contribution < 1.29 is 10.2 Å². The van der Waals surface area contributed by atoms with E-state index in [0.29, 0.717) is 0 Å². The maximum absolute atomic E-state index is 8.40. The highest BCUT2D eigenvalue weighted by atomic mass is 16.5. The first-order valence-corrected chi connectivity index (χ1v) is 3.60. The first-order valence-electron chi connectivity index (χ1n) is 3.60. The van der Waals surface area contributed by atoms with Crippen molar-refractivity contribution >= 4 is 6.08 Å². The lowest BCUT2D eigenvalue weighted by Gasteiger charge is -1.88. The van der Waals surface area contributed by atoms with Crippen LogP contribution in [0, 0.1) is 0 Å². The average molecular weight is 162 g/mol. The zero-order chi connectivity index (χ0) is 8.81. The van der Waals surface area contributed by atoms with Crippen LogP contribution in [0.1, 0.15) is 5.56 Å². The van der Waals surface area contributed by atoms with Crippen molar-refractivity contribution in [1.82, 2.24) is 0 Å². The minimum atomic E-state index is -0.679. The molecule has 1 aromatic rings. The number of aliphatic hydroxyl groups is 2. The molecule has 0 fully saturated rings. The predicted octanol–water partition coefficient (Wildman–Crippen LogP) is 2.66. The molecule has 0 saturated heterocycles. The monoisotopic (exact) mass is 162 g/mol. The molecule has 0 aliphatic rings. The molecule has 0 atom stereocenters. The molecule has 0 unspecified atom stereocenters. The summed E-state index contributed by atoms with van der Waals surface area (Å²) < 4.78 is 0. The highest BCUT2D eigenvalue weighted by molar-refractivity contribution is 5.50. The number of aliphatic hydroxyl groups excluding tert-OH is 1. The molecule has 0 bridgehead atoms. The van der Waals surface area contributed by atoms with E-state index in [2.05, 4.69) is 0 Å². The van der Waals surface area contributed by atoms with E-state index >= 15 is 0 Å². The van der Waals surface area contributed by atoms with Gasteiger partial charge >= 0.3 is 0 Å². The third-order valence-electron chi connectivity index (χ3n) is 1.33. The summed E-state index contributed by atoms with van der Waals surface area (Å²) >= 11 is 0. The van der Waals surface area contributed by atoms with E-state index in [9.17, 15) is 0 Å². The fraction of sp³-hybridized carbons (Fsp3) is 0. The number of rotatable bonds is 2. The molecular formula is C10H10O2. The highest BCUT2D eigenvalue weighted by Gasteiger charge is 1.81. The molecule has 0 saturated carbocycles. The Morgan fingerprint density at radius 3 is 2.33 bits per heavy atom. The molecule has 2 N–H and O–H groups in total. The van der Waals surface area contributed by atoms with Crippen molar-refractivity contribution in [2.45, 2.75) is 0 Å². The quantitative estimate of drug-likeness (QED) is 0.518. The smallest absolute Gasteiger partial charge is 0.274 e. The molecule has 2 nitrogen and oxygen atoms in total. The minimum absolute atomic E-state index is 0.679. The maximum Gasteiger partial charge on any atom is 0.274 e. The van der Waals surface area contributed by atoms with Gasteiger partial charge in [0.2, 0.25) is 0 Å². The molecule has 2 heteroatoms.